The van der Waals surface area contributed by atoms with Crippen molar-refractivity contribution < 1.29 is 18.7 Å². The van der Waals surface area contributed by atoms with Gasteiger partial charge >= 0.3 is 11.6 Å². The number of amides is 1. The third-order valence-electron chi connectivity index (χ3n) is 4.27. The number of nitrogens with one attached hydrogen (secondary N) is 1. The maximum absolute atomic E-state index is 12.7. The molecule has 7 nitrogen and oxygen atoms in total. The van der Waals surface area contributed by atoms with E-state index in [1.807, 2.05) is 30.3 Å². The summed E-state index contributed by atoms with van der Waals surface area (Å²) in [6.07, 6.45) is 0. The number of thiazole rings is 1. The van der Waals surface area contributed by atoms with E-state index < -0.39 is 17.5 Å². The summed E-state index contributed by atoms with van der Waals surface area (Å²) in [5.41, 5.74) is -0.0555. The summed E-state index contributed by atoms with van der Waals surface area (Å²) in [4.78, 5) is 41.1. The van der Waals surface area contributed by atoms with Crippen molar-refractivity contribution in [1.29, 1.82) is 0 Å². The number of carbonyl (C=O) groups is 2. The first-order valence-electron chi connectivity index (χ1n) is 8.30. The van der Waals surface area contributed by atoms with Crippen LogP contribution in [0.1, 0.15) is 25.7 Å². The molecule has 0 aliphatic rings. The van der Waals surface area contributed by atoms with E-state index >= 15 is 0 Å². The van der Waals surface area contributed by atoms with E-state index in [9.17, 15) is 14.4 Å². The summed E-state index contributed by atoms with van der Waals surface area (Å²) in [7, 11) is 1.27. The van der Waals surface area contributed by atoms with Gasteiger partial charge in [0.2, 0.25) is 0 Å². The summed E-state index contributed by atoms with van der Waals surface area (Å²) >= 11 is 0.977. The zero-order valence-electron chi connectivity index (χ0n) is 14.9. The van der Waals surface area contributed by atoms with Crippen LogP contribution in [0.25, 0.3) is 21.7 Å². The van der Waals surface area contributed by atoms with E-state index in [1.54, 1.807) is 13.0 Å². The number of aryl methyl sites for hydroxylation is 1. The van der Waals surface area contributed by atoms with Crippen molar-refractivity contribution in [2.45, 2.75) is 6.92 Å². The van der Waals surface area contributed by atoms with Gasteiger partial charge in [-0.15, -0.1) is 0 Å². The van der Waals surface area contributed by atoms with Crippen LogP contribution in [0, 0.1) is 6.92 Å². The van der Waals surface area contributed by atoms with Gasteiger partial charge in [-0.1, -0.05) is 41.7 Å². The molecule has 0 bridgehead atoms. The Balaban J connectivity index is 1.75. The highest BCUT2D eigenvalue weighted by molar-refractivity contribution is 7.17. The van der Waals surface area contributed by atoms with Crippen molar-refractivity contribution in [2.24, 2.45) is 0 Å². The number of aromatic nitrogens is 1. The third kappa shape index (κ3) is 3.03. The van der Waals surface area contributed by atoms with Crippen LogP contribution in [-0.4, -0.2) is 24.0 Å². The molecule has 140 valence electrons. The Morgan fingerprint density at radius 2 is 1.93 bits per heavy atom. The van der Waals surface area contributed by atoms with E-state index in [4.69, 9.17) is 4.42 Å². The predicted octanol–water partition coefficient (Wildman–Crippen LogP) is 3.75. The van der Waals surface area contributed by atoms with Crippen LogP contribution in [0.15, 0.2) is 51.7 Å². The summed E-state index contributed by atoms with van der Waals surface area (Å²) in [6, 6.07) is 12.7. The molecule has 1 amide bonds. The van der Waals surface area contributed by atoms with E-state index in [0.29, 0.717) is 16.7 Å². The van der Waals surface area contributed by atoms with Crippen LogP contribution in [0.3, 0.4) is 0 Å². The van der Waals surface area contributed by atoms with E-state index in [-0.39, 0.29) is 15.6 Å². The van der Waals surface area contributed by atoms with Crippen LogP contribution >= 0.6 is 11.3 Å². The molecule has 2 aromatic carbocycles. The number of esters is 1. The second-order valence-corrected chi connectivity index (χ2v) is 7.02. The highest BCUT2D eigenvalue weighted by Crippen LogP contribution is 2.26. The molecule has 0 spiro atoms. The molecule has 28 heavy (non-hydrogen) atoms. The molecule has 0 aliphatic carbocycles. The number of ether oxygens (including phenoxy) is 1. The first-order valence-corrected chi connectivity index (χ1v) is 9.12. The Morgan fingerprint density at radius 1 is 1.14 bits per heavy atom. The molecule has 8 heteroatoms. The fourth-order valence-corrected chi connectivity index (χ4v) is 3.81. The molecule has 1 N–H and O–H groups in total. The van der Waals surface area contributed by atoms with Gasteiger partial charge in [-0.3, -0.25) is 10.1 Å². The van der Waals surface area contributed by atoms with Gasteiger partial charge in [0, 0.05) is 5.39 Å². The Kier molecular flexibility index (Phi) is 4.40. The molecule has 0 saturated heterocycles. The summed E-state index contributed by atoms with van der Waals surface area (Å²) in [5.74, 6) is -1.19. The smallest absolute Gasteiger partial charge is 0.350 e. The molecule has 0 unspecified atom stereocenters. The van der Waals surface area contributed by atoms with Gasteiger partial charge < -0.3 is 9.15 Å². The van der Waals surface area contributed by atoms with Crippen LogP contribution in [0.4, 0.5) is 5.13 Å². The number of benzene rings is 2. The van der Waals surface area contributed by atoms with E-state index in [2.05, 4.69) is 15.0 Å². The Morgan fingerprint density at radius 3 is 2.71 bits per heavy atom. The van der Waals surface area contributed by atoms with Gasteiger partial charge in [-0.05, 0) is 29.8 Å². The van der Waals surface area contributed by atoms with Crippen molar-refractivity contribution in [2.75, 3.05) is 12.4 Å². The number of hydrogen-bond donors (Lipinski definition) is 1. The number of hydrogen-bond acceptors (Lipinski definition) is 7. The molecule has 0 saturated carbocycles. The average molecular weight is 394 g/mol. The summed E-state index contributed by atoms with van der Waals surface area (Å²) in [5, 5.41) is 5.25. The van der Waals surface area contributed by atoms with Crippen molar-refractivity contribution in [1.82, 2.24) is 4.98 Å². The lowest BCUT2D eigenvalue weighted by Crippen LogP contribution is -2.20. The van der Waals surface area contributed by atoms with Gasteiger partial charge in [0.15, 0.2) is 5.13 Å². The maximum Gasteiger partial charge on any atom is 0.350 e. The fraction of sp³-hybridized carbons (Fsp3) is 0.100. The van der Waals surface area contributed by atoms with Crippen LogP contribution in [0.2, 0.25) is 0 Å². The minimum Gasteiger partial charge on any atom is -0.465 e. The number of methoxy groups -OCH3 is 1. The summed E-state index contributed by atoms with van der Waals surface area (Å²) < 4.78 is 10.0. The van der Waals surface area contributed by atoms with Gasteiger partial charge in [0.05, 0.1) is 12.8 Å². The third-order valence-corrected chi connectivity index (χ3v) is 5.33. The first kappa shape index (κ1) is 17.9. The molecule has 2 aromatic heterocycles. The minimum absolute atomic E-state index is 0.142. The number of rotatable bonds is 3. The van der Waals surface area contributed by atoms with E-state index in [1.165, 1.54) is 13.2 Å². The van der Waals surface area contributed by atoms with Crippen LogP contribution < -0.4 is 10.9 Å². The molecule has 0 aliphatic heterocycles. The van der Waals surface area contributed by atoms with Crippen LogP contribution in [0.5, 0.6) is 0 Å². The fourth-order valence-electron chi connectivity index (χ4n) is 2.93. The zero-order valence-corrected chi connectivity index (χ0v) is 15.8. The lowest BCUT2D eigenvalue weighted by atomic mass is 10.0. The van der Waals surface area contributed by atoms with Gasteiger partial charge in [0.25, 0.3) is 5.91 Å². The average Bonchev–Trinajstić information content (AvgIpc) is 3.06. The standard InChI is InChI=1S/C20H14N2O5S/c1-10-16(19(25)26-2)28-20(21-10)22-17(23)14-9-13-12-6-4-3-5-11(12)7-8-15(13)27-18(14)24/h3-9H,1-2H3,(H,21,22,23). The number of carbonyl (C=O) groups excluding carboxylic acids is 2. The SMILES string of the molecule is COC(=O)c1sc(NC(=O)c2cc3c(ccc4ccccc43)oc2=O)nc1C. The van der Waals surface area contributed by atoms with Crippen molar-refractivity contribution in [3.63, 3.8) is 0 Å². The Bertz CT molecular complexity index is 1310. The molecule has 0 radical (unpaired) electrons. The number of anilines is 1. The lowest BCUT2D eigenvalue weighted by molar-refractivity contribution is 0.0605. The Hall–Kier alpha value is -3.52. The van der Waals surface area contributed by atoms with Crippen molar-refractivity contribution in [3.8, 4) is 0 Å². The second-order valence-electron chi connectivity index (χ2n) is 6.03. The molecule has 4 aromatic rings. The van der Waals surface area contributed by atoms with Crippen molar-refractivity contribution >= 4 is 50.1 Å². The monoisotopic (exact) mass is 394 g/mol. The first-order chi connectivity index (χ1) is 13.5. The molecular weight excluding hydrogens is 380 g/mol. The lowest BCUT2D eigenvalue weighted by Gasteiger charge is -2.05. The quantitative estimate of drug-likeness (QED) is 0.323. The topological polar surface area (TPSA) is 98.5 Å². The van der Waals surface area contributed by atoms with Gasteiger partial charge in [0.1, 0.15) is 16.0 Å². The molecule has 2 heterocycles. The molecular formula is C20H14N2O5S. The molecule has 0 atom stereocenters. The number of fused-ring (bicyclic) bond motifs is 3. The van der Waals surface area contributed by atoms with Gasteiger partial charge in [-0.2, -0.15) is 0 Å². The molecule has 0 fully saturated rings. The molecule has 4 rings (SSSR count). The minimum atomic E-state index is -0.748. The zero-order chi connectivity index (χ0) is 19.8. The van der Waals surface area contributed by atoms with Gasteiger partial charge in [-0.25, -0.2) is 14.6 Å². The highest BCUT2D eigenvalue weighted by Gasteiger charge is 2.20. The largest absolute Gasteiger partial charge is 0.465 e. The van der Waals surface area contributed by atoms with Crippen LogP contribution in [-0.2, 0) is 4.74 Å². The Labute approximate surface area is 162 Å². The maximum atomic E-state index is 12.7. The predicted molar refractivity (Wildman–Crippen MR) is 106 cm³/mol. The van der Waals surface area contributed by atoms with Crippen molar-refractivity contribution in [3.05, 3.63) is 69.0 Å². The highest BCUT2D eigenvalue weighted by atomic mass is 32.1. The van der Waals surface area contributed by atoms with E-state index in [0.717, 1.165) is 22.1 Å². The second kappa shape index (κ2) is 6.90. The number of nitrogens with zero attached hydrogens (tertiary/aromatic N) is 1. The normalized spacial score (nSPS) is 10.9. The summed E-state index contributed by atoms with van der Waals surface area (Å²) in [6.45, 7) is 1.63.